The molecular formula is C28H36F2N4O4S2. The van der Waals surface area contributed by atoms with Crippen LogP contribution in [0.5, 0.6) is 5.19 Å². The molecule has 0 saturated carbocycles. The first-order valence-corrected chi connectivity index (χ1v) is 16.3. The van der Waals surface area contributed by atoms with Gasteiger partial charge in [0, 0.05) is 64.3 Å². The van der Waals surface area contributed by atoms with Crippen molar-refractivity contribution < 1.29 is 27.0 Å². The number of hydrogen-bond acceptors (Lipinski definition) is 8. The number of rotatable bonds is 10. The van der Waals surface area contributed by atoms with Gasteiger partial charge in [-0.3, -0.25) is 0 Å². The third kappa shape index (κ3) is 6.89. The van der Waals surface area contributed by atoms with E-state index in [2.05, 4.69) is 27.0 Å². The van der Waals surface area contributed by atoms with Crippen LogP contribution in [-0.2, 0) is 15.9 Å². The number of halogens is 2. The molecule has 1 aromatic carbocycles. The van der Waals surface area contributed by atoms with Gasteiger partial charge in [0.15, 0.2) is 0 Å². The van der Waals surface area contributed by atoms with Gasteiger partial charge >= 0.3 is 0 Å². The summed E-state index contributed by atoms with van der Waals surface area (Å²) in [5, 5.41) is 9.57. The van der Waals surface area contributed by atoms with Crippen molar-refractivity contribution in [1.82, 2.24) is 14.3 Å². The first kappa shape index (κ1) is 29.1. The minimum Gasteiger partial charge on any atom is -0.467 e. The third-order valence-electron chi connectivity index (χ3n) is 7.81. The van der Waals surface area contributed by atoms with E-state index in [1.54, 1.807) is 10.4 Å². The van der Waals surface area contributed by atoms with Crippen molar-refractivity contribution in [2.24, 2.45) is 0 Å². The molecule has 2 aliphatic rings. The standard InChI is InChI=1S/C28H36F2N4O4S2/c1-28(29,30)22-5-7-26(31-19-22)33-12-10-23(11-13-33)38-27-32-24-6-4-21(18-25(24)39-27)20-8-14-34(15-9-20)40(36,37)17-3-2-16-35/h4-7,18-20,23,35H,2-3,8-17H2,1H3. The lowest BCUT2D eigenvalue weighted by Gasteiger charge is -2.32. The quantitative estimate of drug-likeness (QED) is 0.325. The first-order valence-electron chi connectivity index (χ1n) is 13.9. The number of alkyl halides is 2. The summed E-state index contributed by atoms with van der Waals surface area (Å²) >= 11 is 1.53. The Kier molecular flexibility index (Phi) is 8.89. The molecule has 4 heterocycles. The molecule has 2 fully saturated rings. The number of pyridine rings is 1. The number of hydrogen-bond donors (Lipinski definition) is 1. The maximum Gasteiger partial charge on any atom is 0.274 e. The second-order valence-electron chi connectivity index (χ2n) is 10.7. The second kappa shape index (κ2) is 12.2. The Morgan fingerprint density at radius 3 is 2.48 bits per heavy atom. The molecule has 0 aliphatic carbocycles. The molecule has 2 aliphatic heterocycles. The molecule has 0 atom stereocenters. The number of sulfonamides is 1. The van der Waals surface area contributed by atoms with Crippen LogP contribution in [0.25, 0.3) is 10.2 Å². The Hall–Kier alpha value is -2.41. The van der Waals surface area contributed by atoms with E-state index in [0.717, 1.165) is 55.9 Å². The zero-order valence-corrected chi connectivity index (χ0v) is 24.3. The molecule has 5 rings (SSSR count). The first-order chi connectivity index (χ1) is 19.1. The van der Waals surface area contributed by atoms with Crippen LogP contribution in [0.1, 0.15) is 62.5 Å². The number of aromatic nitrogens is 2. The SMILES string of the molecule is CC(F)(F)c1ccc(N2CCC(Oc3nc4ccc(C5CCN(S(=O)(=O)CCCCO)CC5)cc4s3)CC2)nc1. The van der Waals surface area contributed by atoms with Crippen LogP contribution < -0.4 is 9.64 Å². The van der Waals surface area contributed by atoms with Crippen molar-refractivity contribution in [3.63, 3.8) is 0 Å². The van der Waals surface area contributed by atoms with Crippen molar-refractivity contribution in [3.05, 3.63) is 47.7 Å². The van der Waals surface area contributed by atoms with Crippen LogP contribution >= 0.6 is 11.3 Å². The third-order valence-corrected chi connectivity index (χ3v) is 10.7. The van der Waals surface area contributed by atoms with Gasteiger partial charge < -0.3 is 14.7 Å². The van der Waals surface area contributed by atoms with Gasteiger partial charge in [0.05, 0.1) is 16.0 Å². The predicted octanol–water partition coefficient (Wildman–Crippen LogP) is 5.13. The summed E-state index contributed by atoms with van der Waals surface area (Å²) in [5.74, 6) is -1.80. The number of aliphatic hydroxyl groups excluding tert-OH is 1. The molecule has 8 nitrogen and oxygen atoms in total. The maximum atomic E-state index is 13.5. The summed E-state index contributed by atoms with van der Waals surface area (Å²) in [5.41, 5.74) is 2.01. The molecule has 3 aromatic rings. The lowest BCUT2D eigenvalue weighted by atomic mass is 9.90. The van der Waals surface area contributed by atoms with E-state index in [0.29, 0.717) is 42.9 Å². The Morgan fingerprint density at radius 2 is 1.82 bits per heavy atom. The van der Waals surface area contributed by atoms with Gasteiger partial charge in [-0.05, 0) is 61.4 Å². The molecule has 2 saturated heterocycles. The molecule has 0 radical (unpaired) electrons. The average molecular weight is 595 g/mol. The number of benzene rings is 1. The fourth-order valence-electron chi connectivity index (χ4n) is 5.40. The summed E-state index contributed by atoms with van der Waals surface area (Å²) in [6, 6.07) is 9.36. The fraction of sp³-hybridized carbons (Fsp3) is 0.571. The molecule has 1 N–H and O–H groups in total. The topological polar surface area (TPSA) is 95.9 Å². The Bertz CT molecular complexity index is 1380. The number of aliphatic hydroxyl groups is 1. The summed E-state index contributed by atoms with van der Waals surface area (Å²) in [4.78, 5) is 11.0. The van der Waals surface area contributed by atoms with Crippen LogP contribution in [0.4, 0.5) is 14.6 Å². The van der Waals surface area contributed by atoms with Gasteiger partial charge in [-0.1, -0.05) is 17.4 Å². The van der Waals surface area contributed by atoms with Crippen molar-refractivity contribution in [1.29, 1.82) is 0 Å². The molecule has 12 heteroatoms. The normalized spacial score (nSPS) is 18.4. The van der Waals surface area contributed by atoms with Crippen LogP contribution in [0.3, 0.4) is 0 Å². The lowest BCUT2D eigenvalue weighted by molar-refractivity contribution is 0.0171. The monoisotopic (exact) mass is 594 g/mol. The van der Waals surface area contributed by atoms with Crippen LogP contribution in [-0.4, -0.2) is 72.4 Å². The van der Waals surface area contributed by atoms with Crippen LogP contribution in [0, 0.1) is 0 Å². The van der Waals surface area contributed by atoms with Gasteiger partial charge in [-0.2, -0.15) is 0 Å². The zero-order chi connectivity index (χ0) is 28.3. The summed E-state index contributed by atoms with van der Waals surface area (Å²) < 4.78 is 61.0. The number of fused-ring (bicyclic) bond motifs is 1. The predicted molar refractivity (Wildman–Crippen MR) is 153 cm³/mol. The highest BCUT2D eigenvalue weighted by atomic mass is 32.2. The van der Waals surface area contributed by atoms with Crippen molar-refractivity contribution in [2.45, 2.75) is 63.4 Å². The van der Waals surface area contributed by atoms with E-state index in [4.69, 9.17) is 9.84 Å². The van der Waals surface area contributed by atoms with Crippen molar-refractivity contribution in [2.75, 3.05) is 43.4 Å². The highest BCUT2D eigenvalue weighted by Gasteiger charge is 2.29. The number of thiazole rings is 1. The van der Waals surface area contributed by atoms with E-state index >= 15 is 0 Å². The van der Waals surface area contributed by atoms with Gasteiger partial charge in [0.25, 0.3) is 11.1 Å². The molecule has 0 unspecified atom stereocenters. The number of anilines is 1. The van der Waals surface area contributed by atoms with E-state index in [9.17, 15) is 17.2 Å². The van der Waals surface area contributed by atoms with Gasteiger partial charge in [0.2, 0.25) is 10.0 Å². The van der Waals surface area contributed by atoms with Crippen molar-refractivity contribution in [3.8, 4) is 5.19 Å². The number of nitrogens with zero attached hydrogens (tertiary/aromatic N) is 4. The molecule has 218 valence electrons. The van der Waals surface area contributed by atoms with Gasteiger partial charge in [0.1, 0.15) is 11.9 Å². The molecular weight excluding hydrogens is 558 g/mol. The van der Waals surface area contributed by atoms with Gasteiger partial charge in [-0.25, -0.2) is 31.5 Å². The van der Waals surface area contributed by atoms with E-state index in [1.807, 2.05) is 6.07 Å². The summed E-state index contributed by atoms with van der Waals surface area (Å²) in [7, 11) is -3.27. The molecule has 0 spiro atoms. The van der Waals surface area contributed by atoms with Crippen LogP contribution in [0.15, 0.2) is 36.5 Å². The van der Waals surface area contributed by atoms with E-state index < -0.39 is 15.9 Å². The Morgan fingerprint density at radius 1 is 1.07 bits per heavy atom. The number of piperidine rings is 2. The lowest BCUT2D eigenvalue weighted by Crippen LogP contribution is -2.39. The fourth-order valence-corrected chi connectivity index (χ4v) is 7.92. The Labute approximate surface area is 238 Å². The second-order valence-corrected chi connectivity index (χ2v) is 13.8. The molecule has 0 bridgehead atoms. The minimum absolute atomic E-state index is 0.0168. The number of unbranched alkanes of at least 4 members (excludes halogenated alkanes) is 1. The van der Waals surface area contributed by atoms with Gasteiger partial charge in [-0.15, -0.1) is 0 Å². The van der Waals surface area contributed by atoms with E-state index in [1.165, 1.54) is 29.2 Å². The maximum absolute atomic E-state index is 13.5. The molecule has 40 heavy (non-hydrogen) atoms. The highest BCUT2D eigenvalue weighted by molar-refractivity contribution is 7.89. The zero-order valence-electron chi connectivity index (χ0n) is 22.6. The smallest absolute Gasteiger partial charge is 0.274 e. The highest BCUT2D eigenvalue weighted by Crippen LogP contribution is 2.36. The largest absolute Gasteiger partial charge is 0.467 e. The summed E-state index contributed by atoms with van der Waals surface area (Å²) in [6.07, 6.45) is 5.41. The number of ether oxygens (including phenoxy) is 1. The summed E-state index contributed by atoms with van der Waals surface area (Å²) in [6.45, 7) is 3.38. The average Bonchev–Trinajstić information content (AvgIpc) is 3.35. The molecule has 0 amide bonds. The molecule has 2 aromatic heterocycles. The Balaban J connectivity index is 1.14. The van der Waals surface area contributed by atoms with Crippen LogP contribution in [0.2, 0.25) is 0 Å². The van der Waals surface area contributed by atoms with Crippen molar-refractivity contribution >= 4 is 37.4 Å². The van der Waals surface area contributed by atoms with E-state index in [-0.39, 0.29) is 24.0 Å². The minimum atomic E-state index is -3.27.